The first-order valence-electron chi connectivity index (χ1n) is 8.20. The number of carbonyl (C=O) groups is 1. The van der Waals surface area contributed by atoms with Crippen LogP contribution in [0.4, 0.5) is 0 Å². The molecular formula is C21H21NO2. The summed E-state index contributed by atoms with van der Waals surface area (Å²) in [6.45, 7) is 4.44. The van der Waals surface area contributed by atoms with Crippen molar-refractivity contribution in [3.05, 3.63) is 78.1 Å². The highest BCUT2D eigenvalue weighted by molar-refractivity contribution is 5.88. The smallest absolute Gasteiger partial charge is 0.335 e. The molecule has 1 N–H and O–H groups in total. The van der Waals surface area contributed by atoms with Crippen molar-refractivity contribution >= 4 is 5.97 Å². The molecule has 1 aromatic heterocycles. The van der Waals surface area contributed by atoms with Crippen molar-refractivity contribution in [3.8, 4) is 16.8 Å². The van der Waals surface area contributed by atoms with Gasteiger partial charge in [-0.05, 0) is 59.4 Å². The molecule has 0 aliphatic heterocycles. The molecule has 0 aliphatic carbocycles. The van der Waals surface area contributed by atoms with Gasteiger partial charge in [0.1, 0.15) is 0 Å². The molecule has 0 bridgehead atoms. The van der Waals surface area contributed by atoms with Gasteiger partial charge in [0.15, 0.2) is 0 Å². The van der Waals surface area contributed by atoms with E-state index in [4.69, 9.17) is 5.11 Å². The first-order valence-corrected chi connectivity index (χ1v) is 8.20. The van der Waals surface area contributed by atoms with Gasteiger partial charge in [-0.15, -0.1) is 0 Å². The predicted molar refractivity (Wildman–Crippen MR) is 96.9 cm³/mol. The van der Waals surface area contributed by atoms with E-state index in [9.17, 15) is 4.79 Å². The second kappa shape index (κ2) is 6.75. The summed E-state index contributed by atoms with van der Waals surface area (Å²) in [4.78, 5) is 10.9. The molecule has 2 aromatic carbocycles. The Morgan fingerprint density at radius 1 is 1.08 bits per heavy atom. The third-order valence-electron chi connectivity index (χ3n) is 4.51. The highest BCUT2D eigenvalue weighted by Crippen LogP contribution is 2.25. The van der Waals surface area contributed by atoms with Gasteiger partial charge in [-0.3, -0.25) is 0 Å². The molecule has 0 radical (unpaired) electrons. The van der Waals surface area contributed by atoms with Crippen LogP contribution in [-0.2, 0) is 0 Å². The summed E-state index contributed by atoms with van der Waals surface area (Å²) in [6, 6.07) is 17.6. The number of carboxylic acids is 1. The molecule has 24 heavy (non-hydrogen) atoms. The maximum Gasteiger partial charge on any atom is 0.335 e. The SMILES string of the molecule is CCC(C)c1cccc(-n2ccc(-c3ccc(C(=O)O)cc3)c2)c1. The van der Waals surface area contributed by atoms with Crippen molar-refractivity contribution in [2.24, 2.45) is 0 Å². The molecule has 1 heterocycles. The summed E-state index contributed by atoms with van der Waals surface area (Å²) in [5.41, 5.74) is 4.87. The Balaban J connectivity index is 1.89. The highest BCUT2D eigenvalue weighted by atomic mass is 16.4. The Morgan fingerprint density at radius 3 is 2.50 bits per heavy atom. The quantitative estimate of drug-likeness (QED) is 0.688. The van der Waals surface area contributed by atoms with Crippen molar-refractivity contribution in [1.82, 2.24) is 4.57 Å². The summed E-state index contributed by atoms with van der Waals surface area (Å²) < 4.78 is 2.10. The summed E-state index contributed by atoms with van der Waals surface area (Å²) in [5, 5.41) is 8.99. The normalized spacial score (nSPS) is 12.1. The van der Waals surface area contributed by atoms with E-state index in [1.165, 1.54) is 5.56 Å². The van der Waals surface area contributed by atoms with Crippen LogP contribution in [0, 0.1) is 0 Å². The molecule has 3 heteroatoms. The van der Waals surface area contributed by atoms with E-state index in [1.807, 2.05) is 24.4 Å². The lowest BCUT2D eigenvalue weighted by atomic mass is 9.98. The standard InChI is InChI=1S/C21H21NO2/c1-3-15(2)18-5-4-6-20(13-18)22-12-11-19(14-22)16-7-9-17(10-8-16)21(23)24/h4-15H,3H2,1-2H3,(H,23,24). The lowest BCUT2D eigenvalue weighted by molar-refractivity contribution is 0.0697. The van der Waals surface area contributed by atoms with Crippen molar-refractivity contribution < 1.29 is 9.90 Å². The van der Waals surface area contributed by atoms with E-state index >= 15 is 0 Å². The molecular weight excluding hydrogens is 298 g/mol. The number of hydrogen-bond donors (Lipinski definition) is 1. The number of aromatic nitrogens is 1. The van der Waals surface area contributed by atoms with E-state index in [1.54, 1.807) is 12.1 Å². The Bertz CT molecular complexity index is 846. The Kier molecular flexibility index (Phi) is 4.52. The Labute approximate surface area is 142 Å². The number of nitrogens with zero attached hydrogens (tertiary/aromatic N) is 1. The van der Waals surface area contributed by atoms with Gasteiger partial charge in [0.2, 0.25) is 0 Å². The molecule has 0 fully saturated rings. The fourth-order valence-corrected chi connectivity index (χ4v) is 2.76. The number of carboxylic acid groups (broad SMARTS) is 1. The van der Waals surface area contributed by atoms with Gasteiger partial charge in [0, 0.05) is 18.1 Å². The van der Waals surface area contributed by atoms with Crippen molar-refractivity contribution in [3.63, 3.8) is 0 Å². The third kappa shape index (κ3) is 3.25. The highest BCUT2D eigenvalue weighted by Gasteiger charge is 2.07. The predicted octanol–water partition coefficient (Wildman–Crippen LogP) is 5.36. The van der Waals surface area contributed by atoms with E-state index < -0.39 is 5.97 Å². The molecule has 0 aliphatic rings. The third-order valence-corrected chi connectivity index (χ3v) is 4.51. The maximum absolute atomic E-state index is 10.9. The summed E-state index contributed by atoms with van der Waals surface area (Å²) in [7, 11) is 0. The average Bonchev–Trinajstić information content (AvgIpc) is 3.11. The van der Waals surface area contributed by atoms with E-state index in [0.29, 0.717) is 11.5 Å². The van der Waals surface area contributed by atoms with Crippen LogP contribution in [0.5, 0.6) is 0 Å². The molecule has 0 spiro atoms. The van der Waals surface area contributed by atoms with Crippen LogP contribution in [-0.4, -0.2) is 15.6 Å². The Hall–Kier alpha value is -2.81. The zero-order valence-electron chi connectivity index (χ0n) is 13.9. The van der Waals surface area contributed by atoms with E-state index in [0.717, 1.165) is 23.2 Å². The molecule has 122 valence electrons. The molecule has 1 unspecified atom stereocenters. The van der Waals surface area contributed by atoms with Crippen LogP contribution < -0.4 is 0 Å². The largest absolute Gasteiger partial charge is 0.478 e. The van der Waals surface area contributed by atoms with Crippen LogP contribution >= 0.6 is 0 Å². The minimum Gasteiger partial charge on any atom is -0.478 e. The van der Waals surface area contributed by atoms with Gasteiger partial charge in [0.25, 0.3) is 0 Å². The summed E-state index contributed by atoms with van der Waals surface area (Å²) in [5.74, 6) is -0.357. The van der Waals surface area contributed by atoms with Crippen LogP contribution in [0.3, 0.4) is 0 Å². The van der Waals surface area contributed by atoms with Gasteiger partial charge < -0.3 is 9.67 Å². The molecule has 0 saturated carbocycles. The monoisotopic (exact) mass is 319 g/mol. The lowest BCUT2D eigenvalue weighted by Crippen LogP contribution is -1.95. The fourth-order valence-electron chi connectivity index (χ4n) is 2.76. The van der Waals surface area contributed by atoms with Crippen LogP contribution in [0.15, 0.2) is 67.0 Å². The van der Waals surface area contributed by atoms with Crippen molar-refractivity contribution in [2.45, 2.75) is 26.2 Å². The topological polar surface area (TPSA) is 42.2 Å². The van der Waals surface area contributed by atoms with Gasteiger partial charge in [-0.2, -0.15) is 0 Å². The minimum atomic E-state index is -0.902. The first kappa shape index (κ1) is 16.1. The van der Waals surface area contributed by atoms with E-state index in [-0.39, 0.29) is 0 Å². The average molecular weight is 319 g/mol. The summed E-state index contributed by atoms with van der Waals surface area (Å²) >= 11 is 0. The van der Waals surface area contributed by atoms with Crippen LogP contribution in [0.1, 0.15) is 42.1 Å². The fraction of sp³-hybridized carbons (Fsp3) is 0.190. The second-order valence-electron chi connectivity index (χ2n) is 6.09. The minimum absolute atomic E-state index is 0.305. The van der Waals surface area contributed by atoms with Gasteiger partial charge in [0.05, 0.1) is 5.56 Å². The zero-order chi connectivity index (χ0) is 17.1. The molecule has 3 rings (SSSR count). The molecule has 3 nitrogen and oxygen atoms in total. The zero-order valence-corrected chi connectivity index (χ0v) is 13.9. The van der Waals surface area contributed by atoms with Crippen molar-refractivity contribution in [2.75, 3.05) is 0 Å². The maximum atomic E-state index is 10.9. The number of hydrogen-bond acceptors (Lipinski definition) is 1. The number of benzene rings is 2. The lowest BCUT2D eigenvalue weighted by Gasteiger charge is -2.11. The van der Waals surface area contributed by atoms with Gasteiger partial charge in [-0.25, -0.2) is 4.79 Å². The number of rotatable bonds is 5. The van der Waals surface area contributed by atoms with Crippen molar-refractivity contribution in [1.29, 1.82) is 0 Å². The van der Waals surface area contributed by atoms with Crippen LogP contribution in [0.2, 0.25) is 0 Å². The summed E-state index contributed by atoms with van der Waals surface area (Å²) in [6.07, 6.45) is 5.23. The molecule has 3 aromatic rings. The molecule has 1 atom stereocenters. The van der Waals surface area contributed by atoms with Gasteiger partial charge in [-0.1, -0.05) is 38.1 Å². The first-order chi connectivity index (χ1) is 11.6. The van der Waals surface area contributed by atoms with Crippen LogP contribution in [0.25, 0.3) is 16.8 Å². The molecule has 0 amide bonds. The number of aromatic carboxylic acids is 1. The van der Waals surface area contributed by atoms with E-state index in [2.05, 4.69) is 48.9 Å². The van der Waals surface area contributed by atoms with Gasteiger partial charge >= 0.3 is 5.97 Å². The Morgan fingerprint density at radius 2 is 1.83 bits per heavy atom. The second-order valence-corrected chi connectivity index (χ2v) is 6.09. The molecule has 0 saturated heterocycles.